The first kappa shape index (κ1) is 15.0. The summed E-state index contributed by atoms with van der Waals surface area (Å²) in [6.07, 6.45) is 0. The molecule has 1 aliphatic carbocycles. The van der Waals surface area contributed by atoms with Crippen LogP contribution in [0.15, 0.2) is 17.6 Å². The normalized spacial score (nSPS) is 17.0. The fraction of sp³-hybridized carbons (Fsp3) is 0.250. The SMILES string of the molecule is [2H]COc1c(Cl)ccc(Cl)c1C1=C(O)c2scnc2C(C)(C)C1=O. The highest BCUT2D eigenvalue weighted by Crippen LogP contribution is 2.48. The molecule has 0 aliphatic heterocycles. The van der Waals surface area contributed by atoms with Gasteiger partial charge in [-0.1, -0.05) is 23.2 Å². The molecule has 1 aliphatic rings. The lowest BCUT2D eigenvalue weighted by molar-refractivity contribution is -0.118. The molecular formula is C16H13Cl2NO3S. The van der Waals surface area contributed by atoms with Crippen molar-refractivity contribution in [3.05, 3.63) is 43.8 Å². The number of hydrogen-bond donors (Lipinski definition) is 1. The molecule has 1 heterocycles. The number of fused-ring (bicyclic) bond motifs is 1. The highest BCUT2D eigenvalue weighted by atomic mass is 35.5. The van der Waals surface area contributed by atoms with E-state index in [1.54, 1.807) is 19.4 Å². The van der Waals surface area contributed by atoms with Crippen LogP contribution in [-0.2, 0) is 10.2 Å². The van der Waals surface area contributed by atoms with Gasteiger partial charge in [0.25, 0.3) is 0 Å². The van der Waals surface area contributed by atoms with Crippen molar-refractivity contribution in [1.82, 2.24) is 4.98 Å². The summed E-state index contributed by atoms with van der Waals surface area (Å²) < 4.78 is 12.6. The number of aliphatic hydroxyl groups is 1. The Labute approximate surface area is 148 Å². The molecule has 0 unspecified atom stereocenters. The van der Waals surface area contributed by atoms with Gasteiger partial charge in [-0.05, 0) is 26.0 Å². The fourth-order valence-corrected chi connectivity index (χ4v) is 3.99. The summed E-state index contributed by atoms with van der Waals surface area (Å²) in [5, 5.41) is 11.1. The van der Waals surface area contributed by atoms with Crippen molar-refractivity contribution in [1.29, 1.82) is 0 Å². The summed E-state index contributed by atoms with van der Waals surface area (Å²) in [4.78, 5) is 17.8. The number of thiazole rings is 1. The quantitative estimate of drug-likeness (QED) is 0.828. The van der Waals surface area contributed by atoms with E-state index < -0.39 is 12.5 Å². The summed E-state index contributed by atoms with van der Waals surface area (Å²) in [7, 11) is -0.398. The van der Waals surface area contributed by atoms with Crippen LogP contribution in [0.2, 0.25) is 10.0 Å². The van der Waals surface area contributed by atoms with Crippen molar-refractivity contribution in [2.75, 3.05) is 7.09 Å². The van der Waals surface area contributed by atoms with Crippen LogP contribution in [0.4, 0.5) is 0 Å². The number of rotatable bonds is 2. The smallest absolute Gasteiger partial charge is 0.179 e. The Morgan fingerprint density at radius 3 is 2.74 bits per heavy atom. The molecule has 0 amide bonds. The van der Waals surface area contributed by atoms with Crippen molar-refractivity contribution in [3.63, 3.8) is 0 Å². The molecule has 7 heteroatoms. The second-order valence-corrected chi connectivity index (χ2v) is 7.25. The number of halogens is 2. The second kappa shape index (κ2) is 5.51. The molecular weight excluding hydrogens is 357 g/mol. The van der Waals surface area contributed by atoms with Gasteiger partial charge in [0, 0.05) is 0 Å². The Balaban J connectivity index is 2.37. The first-order valence-corrected chi connectivity index (χ1v) is 8.27. The molecule has 0 radical (unpaired) electrons. The average Bonchev–Trinajstić information content (AvgIpc) is 3.03. The number of aliphatic hydroxyl groups excluding tert-OH is 1. The van der Waals surface area contributed by atoms with Gasteiger partial charge in [0.1, 0.15) is 11.5 Å². The molecule has 0 bridgehead atoms. The minimum Gasteiger partial charge on any atom is -0.506 e. The van der Waals surface area contributed by atoms with Crippen LogP contribution in [0.5, 0.6) is 5.75 Å². The molecule has 3 rings (SSSR count). The number of nitrogens with zero attached hydrogens (tertiary/aromatic N) is 1. The van der Waals surface area contributed by atoms with E-state index in [0.717, 1.165) is 0 Å². The van der Waals surface area contributed by atoms with Gasteiger partial charge in [-0.3, -0.25) is 4.79 Å². The molecule has 1 aromatic carbocycles. The number of ketones is 1. The van der Waals surface area contributed by atoms with Gasteiger partial charge in [0.05, 0.1) is 51.1 Å². The number of Topliss-reactive ketones (excluding diaryl/α,β-unsaturated/α-hetero) is 1. The number of benzene rings is 1. The summed E-state index contributed by atoms with van der Waals surface area (Å²) in [5.41, 5.74) is 1.42. The van der Waals surface area contributed by atoms with Crippen molar-refractivity contribution in [3.8, 4) is 5.75 Å². The second-order valence-electron chi connectivity index (χ2n) is 5.59. The topological polar surface area (TPSA) is 59.4 Å². The van der Waals surface area contributed by atoms with Crippen LogP contribution in [-0.4, -0.2) is 23.0 Å². The lowest BCUT2D eigenvalue weighted by Gasteiger charge is -2.29. The van der Waals surface area contributed by atoms with Crippen molar-refractivity contribution < 1.29 is 16.0 Å². The van der Waals surface area contributed by atoms with Gasteiger partial charge in [-0.2, -0.15) is 0 Å². The molecule has 0 saturated carbocycles. The molecule has 120 valence electrons. The first-order valence-electron chi connectivity index (χ1n) is 7.34. The van der Waals surface area contributed by atoms with Crippen molar-refractivity contribution in [2.45, 2.75) is 19.3 Å². The molecule has 0 atom stereocenters. The van der Waals surface area contributed by atoms with Gasteiger partial charge < -0.3 is 9.84 Å². The number of aromatic nitrogens is 1. The zero-order valence-corrected chi connectivity index (χ0v) is 14.6. The lowest BCUT2D eigenvalue weighted by atomic mass is 9.74. The fourth-order valence-electron chi connectivity index (χ4n) is 2.64. The van der Waals surface area contributed by atoms with Crippen LogP contribution < -0.4 is 4.74 Å². The van der Waals surface area contributed by atoms with E-state index in [-0.39, 0.29) is 38.5 Å². The average molecular weight is 371 g/mol. The Morgan fingerprint density at radius 1 is 1.35 bits per heavy atom. The minimum atomic E-state index is -0.930. The Hall–Kier alpha value is -1.56. The molecule has 4 nitrogen and oxygen atoms in total. The Bertz CT molecular complexity index is 876. The van der Waals surface area contributed by atoms with Crippen LogP contribution in [0.3, 0.4) is 0 Å². The maximum atomic E-state index is 13.1. The van der Waals surface area contributed by atoms with Gasteiger partial charge >= 0.3 is 0 Å². The Morgan fingerprint density at radius 2 is 2.04 bits per heavy atom. The molecule has 1 aromatic heterocycles. The van der Waals surface area contributed by atoms with Crippen LogP contribution in [0.25, 0.3) is 11.3 Å². The van der Waals surface area contributed by atoms with Gasteiger partial charge in [0.15, 0.2) is 5.78 Å². The maximum Gasteiger partial charge on any atom is 0.179 e. The standard InChI is InChI=1S/C16H13Cl2NO3S/c1-16(2)14-13(23-6-19-14)11(20)10(15(16)21)9-7(17)4-5-8(18)12(9)22-3/h4-6,20H,1-3H3/i3D. The minimum absolute atomic E-state index is 0.0349. The van der Waals surface area contributed by atoms with Gasteiger partial charge in [-0.15, -0.1) is 11.3 Å². The molecule has 0 spiro atoms. The number of carbonyl (C=O) groups excluding carboxylic acids is 1. The summed E-state index contributed by atoms with van der Waals surface area (Å²) in [5.74, 6) is -0.425. The van der Waals surface area contributed by atoms with E-state index in [9.17, 15) is 9.90 Å². The zero-order valence-electron chi connectivity index (χ0n) is 13.3. The van der Waals surface area contributed by atoms with Crippen molar-refractivity contribution in [2.24, 2.45) is 0 Å². The summed E-state index contributed by atoms with van der Waals surface area (Å²) in [6, 6.07) is 3.05. The van der Waals surface area contributed by atoms with E-state index in [2.05, 4.69) is 4.98 Å². The first-order chi connectivity index (χ1) is 11.3. The number of ether oxygens (including phenoxy) is 1. The van der Waals surface area contributed by atoms with Crippen LogP contribution in [0, 0.1) is 0 Å². The van der Waals surface area contributed by atoms with Crippen molar-refractivity contribution >= 4 is 51.7 Å². The molecule has 1 N–H and O–H groups in total. The molecule has 2 aromatic rings. The monoisotopic (exact) mass is 370 g/mol. The number of allylic oxidation sites excluding steroid dienone is 1. The van der Waals surface area contributed by atoms with Gasteiger partial charge in [-0.25, -0.2) is 4.98 Å². The largest absolute Gasteiger partial charge is 0.506 e. The molecule has 23 heavy (non-hydrogen) atoms. The molecule has 0 fully saturated rings. The zero-order chi connectivity index (χ0) is 17.6. The summed E-state index contributed by atoms with van der Waals surface area (Å²) >= 11 is 13.7. The van der Waals surface area contributed by atoms with E-state index in [0.29, 0.717) is 10.6 Å². The Kier molecular flexibility index (Phi) is 3.59. The maximum absolute atomic E-state index is 13.1. The highest BCUT2D eigenvalue weighted by Gasteiger charge is 2.44. The summed E-state index contributed by atoms with van der Waals surface area (Å²) in [6.45, 7) is 3.48. The number of hydrogen-bond acceptors (Lipinski definition) is 5. The van der Waals surface area contributed by atoms with Gasteiger partial charge in [0.2, 0.25) is 0 Å². The van der Waals surface area contributed by atoms with E-state index in [1.807, 2.05) is 0 Å². The molecule has 0 saturated heterocycles. The van der Waals surface area contributed by atoms with E-state index in [4.69, 9.17) is 29.3 Å². The highest BCUT2D eigenvalue weighted by molar-refractivity contribution is 7.11. The van der Waals surface area contributed by atoms with Crippen LogP contribution >= 0.6 is 34.5 Å². The lowest BCUT2D eigenvalue weighted by Crippen LogP contribution is -2.34. The van der Waals surface area contributed by atoms with E-state index >= 15 is 0 Å². The number of methoxy groups -OCH3 is 1. The number of carbonyl (C=O) groups is 1. The predicted octanol–water partition coefficient (Wildman–Crippen LogP) is 4.75. The van der Waals surface area contributed by atoms with E-state index in [1.165, 1.54) is 23.5 Å². The van der Waals surface area contributed by atoms with Crippen LogP contribution in [0.1, 0.15) is 31.4 Å². The third-order valence-electron chi connectivity index (χ3n) is 3.86. The third-order valence-corrected chi connectivity index (χ3v) is 5.30. The predicted molar refractivity (Wildman–Crippen MR) is 92.6 cm³/mol. The third kappa shape index (κ3) is 2.26.